The maximum atomic E-state index is 13.0. The monoisotopic (exact) mass is 366 g/mol. The Morgan fingerprint density at radius 3 is 2.85 bits per heavy atom. The summed E-state index contributed by atoms with van der Waals surface area (Å²) in [6.45, 7) is 1.51. The number of amides is 1. The number of carbonyl (C=O) groups is 1. The van der Waals surface area contributed by atoms with Gasteiger partial charge >= 0.3 is 0 Å². The van der Waals surface area contributed by atoms with Crippen molar-refractivity contribution in [2.75, 3.05) is 18.0 Å². The molecule has 0 saturated carbocycles. The molecule has 0 bridgehead atoms. The zero-order valence-electron chi connectivity index (χ0n) is 15.7. The van der Waals surface area contributed by atoms with E-state index in [1.54, 1.807) is 13.1 Å². The molecule has 2 atom stereocenters. The third-order valence-electron chi connectivity index (χ3n) is 5.75. The van der Waals surface area contributed by atoms with Gasteiger partial charge in [0.05, 0.1) is 12.0 Å². The zero-order valence-corrected chi connectivity index (χ0v) is 15.7. The number of hydrogen-bond acceptors (Lipinski definition) is 4. The number of hydrogen-bond donors (Lipinski definition) is 1. The second kappa shape index (κ2) is 7.55. The van der Waals surface area contributed by atoms with E-state index >= 15 is 0 Å². The molecule has 1 amide bonds. The number of piperidine rings is 1. The van der Waals surface area contributed by atoms with Crippen LogP contribution in [0.3, 0.4) is 0 Å². The van der Waals surface area contributed by atoms with E-state index in [0.29, 0.717) is 6.54 Å². The summed E-state index contributed by atoms with van der Waals surface area (Å²) in [5, 5.41) is 7.63. The maximum absolute atomic E-state index is 13.0. The Hall–Kier alpha value is -2.63. The Kier molecular flexibility index (Phi) is 4.97. The van der Waals surface area contributed by atoms with Crippen LogP contribution < -0.4 is 15.8 Å². The minimum atomic E-state index is -0.124. The first-order valence-corrected chi connectivity index (χ1v) is 9.79. The van der Waals surface area contributed by atoms with Crippen LogP contribution in [-0.4, -0.2) is 28.8 Å². The van der Waals surface area contributed by atoms with Gasteiger partial charge in [-0.1, -0.05) is 24.3 Å². The molecule has 1 aliphatic heterocycles. The summed E-state index contributed by atoms with van der Waals surface area (Å²) in [6.07, 6.45) is 5.05. The second-order valence-corrected chi connectivity index (χ2v) is 7.59. The lowest BCUT2D eigenvalue weighted by Crippen LogP contribution is -2.45. The molecule has 2 heterocycles. The van der Waals surface area contributed by atoms with Crippen molar-refractivity contribution >= 4 is 11.7 Å². The van der Waals surface area contributed by atoms with E-state index in [9.17, 15) is 9.59 Å². The minimum absolute atomic E-state index is 0.0492. The van der Waals surface area contributed by atoms with E-state index < -0.39 is 0 Å². The number of nitrogens with one attached hydrogen (secondary N) is 1. The summed E-state index contributed by atoms with van der Waals surface area (Å²) in [7, 11) is 1.65. The number of nitrogens with zero attached hydrogens (tertiary/aromatic N) is 3. The summed E-state index contributed by atoms with van der Waals surface area (Å²) in [6, 6.07) is 11.8. The molecule has 2 aromatic rings. The van der Waals surface area contributed by atoms with E-state index in [-0.39, 0.29) is 23.4 Å². The van der Waals surface area contributed by atoms with E-state index in [2.05, 4.69) is 39.6 Å². The Morgan fingerprint density at radius 1 is 1.15 bits per heavy atom. The van der Waals surface area contributed by atoms with Crippen molar-refractivity contribution in [3.63, 3.8) is 0 Å². The Balaban J connectivity index is 1.45. The second-order valence-electron chi connectivity index (χ2n) is 7.59. The standard InChI is InChI=1S/C21H26N4O2/c1-24-20(26)12-11-19(23-24)25-13-5-8-16(14-25)21(27)22-18-10-4-7-15-6-2-3-9-17(15)18/h2-3,6,9,11-12,16,18H,4-5,7-8,10,13-14H2,1H3,(H,22,27)/t16-,18+/m1/s1. The van der Waals surface area contributed by atoms with Crippen LogP contribution in [0.1, 0.15) is 42.9 Å². The van der Waals surface area contributed by atoms with Crippen LogP contribution in [0.25, 0.3) is 0 Å². The number of rotatable bonds is 3. The predicted molar refractivity (Wildman–Crippen MR) is 105 cm³/mol. The molecule has 2 aliphatic rings. The summed E-state index contributed by atoms with van der Waals surface area (Å²) >= 11 is 0. The zero-order chi connectivity index (χ0) is 18.8. The SMILES string of the molecule is Cn1nc(N2CCC[C@@H](C(=O)N[C@H]3CCCc4ccccc43)C2)ccc1=O. The molecule has 142 valence electrons. The molecule has 1 aromatic heterocycles. The predicted octanol–water partition coefficient (Wildman–Crippen LogP) is 2.19. The van der Waals surface area contributed by atoms with Crippen LogP contribution in [0, 0.1) is 5.92 Å². The molecule has 1 fully saturated rings. The molecular weight excluding hydrogens is 340 g/mol. The average Bonchev–Trinajstić information content (AvgIpc) is 2.70. The molecule has 1 aromatic carbocycles. The lowest BCUT2D eigenvalue weighted by atomic mass is 9.87. The van der Waals surface area contributed by atoms with Crippen molar-refractivity contribution in [1.82, 2.24) is 15.1 Å². The molecule has 6 heteroatoms. The van der Waals surface area contributed by atoms with Crippen molar-refractivity contribution in [3.8, 4) is 0 Å². The maximum Gasteiger partial charge on any atom is 0.266 e. The average molecular weight is 366 g/mol. The van der Waals surface area contributed by atoms with Crippen LogP contribution in [0.15, 0.2) is 41.2 Å². The molecule has 0 unspecified atom stereocenters. The van der Waals surface area contributed by atoms with Crippen LogP contribution in [0.4, 0.5) is 5.82 Å². The van der Waals surface area contributed by atoms with E-state index in [1.165, 1.54) is 21.9 Å². The lowest BCUT2D eigenvalue weighted by Gasteiger charge is -2.34. The van der Waals surface area contributed by atoms with Gasteiger partial charge in [0.2, 0.25) is 5.91 Å². The van der Waals surface area contributed by atoms with Crippen molar-refractivity contribution in [2.45, 2.75) is 38.1 Å². The third kappa shape index (κ3) is 3.75. The highest BCUT2D eigenvalue weighted by Crippen LogP contribution is 2.30. The highest BCUT2D eigenvalue weighted by Gasteiger charge is 2.29. The molecule has 1 aliphatic carbocycles. The van der Waals surface area contributed by atoms with E-state index in [1.807, 2.05) is 0 Å². The van der Waals surface area contributed by atoms with Gasteiger partial charge in [-0.15, -0.1) is 0 Å². The number of carbonyl (C=O) groups excluding carboxylic acids is 1. The minimum Gasteiger partial charge on any atom is -0.354 e. The molecule has 0 radical (unpaired) electrons. The van der Waals surface area contributed by atoms with Gasteiger partial charge in [-0.3, -0.25) is 9.59 Å². The van der Waals surface area contributed by atoms with Crippen molar-refractivity contribution in [2.24, 2.45) is 13.0 Å². The smallest absolute Gasteiger partial charge is 0.266 e. The Labute approximate surface area is 159 Å². The fraction of sp³-hybridized carbons (Fsp3) is 0.476. The van der Waals surface area contributed by atoms with Crippen molar-refractivity contribution in [1.29, 1.82) is 0 Å². The number of anilines is 1. The first-order valence-electron chi connectivity index (χ1n) is 9.79. The molecule has 6 nitrogen and oxygen atoms in total. The molecule has 0 spiro atoms. The Bertz CT molecular complexity index is 892. The lowest BCUT2D eigenvalue weighted by molar-refractivity contribution is -0.126. The molecule has 27 heavy (non-hydrogen) atoms. The van der Waals surface area contributed by atoms with Gasteiger partial charge in [0.25, 0.3) is 5.56 Å². The van der Waals surface area contributed by atoms with Gasteiger partial charge in [0.15, 0.2) is 0 Å². The molecule has 1 saturated heterocycles. The van der Waals surface area contributed by atoms with Gasteiger partial charge in [-0.2, -0.15) is 5.10 Å². The fourth-order valence-electron chi connectivity index (χ4n) is 4.25. The van der Waals surface area contributed by atoms with Gasteiger partial charge in [-0.05, 0) is 49.3 Å². The number of fused-ring (bicyclic) bond motifs is 1. The number of benzene rings is 1. The highest BCUT2D eigenvalue weighted by molar-refractivity contribution is 5.80. The van der Waals surface area contributed by atoms with Gasteiger partial charge in [0, 0.05) is 26.2 Å². The fourth-order valence-corrected chi connectivity index (χ4v) is 4.25. The quantitative estimate of drug-likeness (QED) is 0.904. The van der Waals surface area contributed by atoms with Crippen LogP contribution >= 0.6 is 0 Å². The largest absolute Gasteiger partial charge is 0.354 e. The number of aromatic nitrogens is 2. The summed E-state index contributed by atoms with van der Waals surface area (Å²) < 4.78 is 1.35. The molecule has 4 rings (SSSR count). The van der Waals surface area contributed by atoms with Gasteiger partial charge in [-0.25, -0.2) is 4.68 Å². The van der Waals surface area contributed by atoms with Crippen molar-refractivity contribution < 1.29 is 4.79 Å². The normalized spacial score (nSPS) is 22.2. The molecule has 1 N–H and O–H groups in total. The van der Waals surface area contributed by atoms with Gasteiger partial charge in [0.1, 0.15) is 5.82 Å². The van der Waals surface area contributed by atoms with Crippen molar-refractivity contribution in [3.05, 3.63) is 57.9 Å². The summed E-state index contributed by atoms with van der Waals surface area (Å²) in [5.41, 5.74) is 2.50. The summed E-state index contributed by atoms with van der Waals surface area (Å²) in [4.78, 5) is 26.6. The Morgan fingerprint density at radius 2 is 2.00 bits per heavy atom. The van der Waals surface area contributed by atoms with E-state index in [4.69, 9.17) is 0 Å². The van der Waals surface area contributed by atoms with Gasteiger partial charge < -0.3 is 10.2 Å². The third-order valence-corrected chi connectivity index (χ3v) is 5.75. The first-order chi connectivity index (χ1) is 13.1. The van der Waals surface area contributed by atoms with E-state index in [0.717, 1.165) is 44.5 Å². The molecular formula is C21H26N4O2. The van der Waals surface area contributed by atoms with Crippen LogP contribution in [-0.2, 0) is 18.3 Å². The van der Waals surface area contributed by atoms with Crippen LogP contribution in [0.2, 0.25) is 0 Å². The highest BCUT2D eigenvalue weighted by atomic mass is 16.2. The summed E-state index contributed by atoms with van der Waals surface area (Å²) in [5.74, 6) is 0.843. The first kappa shape index (κ1) is 17.8. The van der Waals surface area contributed by atoms with Crippen LogP contribution in [0.5, 0.6) is 0 Å². The topological polar surface area (TPSA) is 67.2 Å². The number of aryl methyl sites for hydroxylation is 2.